The first-order chi connectivity index (χ1) is 9.96. The van der Waals surface area contributed by atoms with Gasteiger partial charge in [0.15, 0.2) is 0 Å². The first-order valence-electron chi connectivity index (χ1n) is 8.64. The maximum Gasteiger partial charge on any atom is 0.410 e. The number of ether oxygens (including phenoxy) is 1. The molecule has 2 heterocycles. The van der Waals surface area contributed by atoms with Crippen molar-refractivity contribution < 1.29 is 9.53 Å². The van der Waals surface area contributed by atoms with Crippen LogP contribution in [-0.2, 0) is 4.74 Å². The van der Waals surface area contributed by atoms with E-state index in [9.17, 15) is 4.79 Å². The van der Waals surface area contributed by atoms with Gasteiger partial charge in [0.25, 0.3) is 0 Å². The standard InChI is InChI=1S/C17H32N2O2/c1-17(2,3)21-16(20)19-12-8-15(9-13-19)14-6-4-10-18-11-5-7-14/h14-15,18H,4-13H2,1-3H3. The number of likely N-dealkylation sites (tertiary alicyclic amines) is 1. The van der Waals surface area contributed by atoms with E-state index >= 15 is 0 Å². The van der Waals surface area contributed by atoms with Crippen LogP contribution in [0.4, 0.5) is 4.79 Å². The van der Waals surface area contributed by atoms with Crippen molar-refractivity contribution in [1.29, 1.82) is 0 Å². The number of rotatable bonds is 1. The Morgan fingerprint density at radius 1 is 1.00 bits per heavy atom. The zero-order valence-corrected chi connectivity index (χ0v) is 14.0. The molecule has 4 heteroatoms. The molecule has 21 heavy (non-hydrogen) atoms. The van der Waals surface area contributed by atoms with E-state index in [2.05, 4.69) is 5.32 Å². The molecule has 0 spiro atoms. The second-order valence-corrected chi connectivity index (χ2v) is 7.60. The molecular weight excluding hydrogens is 264 g/mol. The Morgan fingerprint density at radius 2 is 1.52 bits per heavy atom. The third kappa shape index (κ3) is 5.50. The van der Waals surface area contributed by atoms with Gasteiger partial charge in [0.1, 0.15) is 5.60 Å². The lowest BCUT2D eigenvalue weighted by molar-refractivity contribution is 0.0152. The van der Waals surface area contributed by atoms with Gasteiger partial charge >= 0.3 is 6.09 Å². The predicted molar refractivity (Wildman–Crippen MR) is 85.4 cm³/mol. The molecule has 0 atom stereocenters. The molecule has 2 aliphatic rings. The summed E-state index contributed by atoms with van der Waals surface area (Å²) in [6, 6.07) is 0. The lowest BCUT2D eigenvalue weighted by Crippen LogP contribution is -2.43. The first-order valence-corrected chi connectivity index (χ1v) is 8.64. The fourth-order valence-electron chi connectivity index (χ4n) is 3.60. The van der Waals surface area contributed by atoms with Gasteiger partial charge in [-0.15, -0.1) is 0 Å². The molecule has 0 radical (unpaired) electrons. The van der Waals surface area contributed by atoms with Crippen LogP contribution in [0.2, 0.25) is 0 Å². The number of carbonyl (C=O) groups is 1. The van der Waals surface area contributed by atoms with Gasteiger partial charge in [-0.2, -0.15) is 0 Å². The summed E-state index contributed by atoms with van der Waals surface area (Å²) < 4.78 is 5.47. The monoisotopic (exact) mass is 296 g/mol. The summed E-state index contributed by atoms with van der Waals surface area (Å²) in [5.41, 5.74) is -0.388. The molecule has 0 aliphatic carbocycles. The highest BCUT2D eigenvalue weighted by Gasteiger charge is 2.30. The van der Waals surface area contributed by atoms with Gasteiger partial charge in [-0.3, -0.25) is 0 Å². The van der Waals surface area contributed by atoms with Crippen LogP contribution in [0.5, 0.6) is 0 Å². The van der Waals surface area contributed by atoms with Crippen LogP contribution in [0.25, 0.3) is 0 Å². The summed E-state index contributed by atoms with van der Waals surface area (Å²) in [5, 5.41) is 3.48. The highest BCUT2D eigenvalue weighted by Crippen LogP contribution is 2.32. The van der Waals surface area contributed by atoms with Crippen molar-refractivity contribution in [1.82, 2.24) is 10.2 Å². The van der Waals surface area contributed by atoms with Crippen LogP contribution < -0.4 is 5.32 Å². The fourth-order valence-corrected chi connectivity index (χ4v) is 3.60. The van der Waals surface area contributed by atoms with E-state index in [1.807, 2.05) is 25.7 Å². The topological polar surface area (TPSA) is 41.6 Å². The van der Waals surface area contributed by atoms with Crippen molar-refractivity contribution in [3.63, 3.8) is 0 Å². The third-order valence-corrected chi connectivity index (χ3v) is 4.71. The quantitative estimate of drug-likeness (QED) is 0.806. The Bertz CT molecular complexity index is 322. The van der Waals surface area contributed by atoms with E-state index in [1.165, 1.54) is 38.8 Å². The van der Waals surface area contributed by atoms with Gasteiger partial charge in [-0.05, 0) is 84.2 Å². The molecule has 1 amide bonds. The van der Waals surface area contributed by atoms with Crippen LogP contribution in [0.3, 0.4) is 0 Å². The molecular formula is C17H32N2O2. The normalized spacial score (nSPS) is 23.5. The largest absolute Gasteiger partial charge is 0.444 e. The molecule has 0 unspecified atom stereocenters. The second kappa shape index (κ2) is 7.48. The van der Waals surface area contributed by atoms with Crippen molar-refractivity contribution in [3.05, 3.63) is 0 Å². The lowest BCUT2D eigenvalue weighted by Gasteiger charge is -2.37. The van der Waals surface area contributed by atoms with Crippen LogP contribution in [0, 0.1) is 11.8 Å². The Labute approximate surface area is 129 Å². The lowest BCUT2D eigenvalue weighted by atomic mass is 9.78. The van der Waals surface area contributed by atoms with E-state index < -0.39 is 0 Å². The molecule has 122 valence electrons. The number of hydrogen-bond acceptors (Lipinski definition) is 3. The molecule has 0 aromatic carbocycles. The number of hydrogen-bond donors (Lipinski definition) is 1. The average molecular weight is 296 g/mol. The Morgan fingerprint density at radius 3 is 2.05 bits per heavy atom. The number of carbonyl (C=O) groups excluding carboxylic acids is 1. The molecule has 4 nitrogen and oxygen atoms in total. The Balaban J connectivity index is 1.78. The van der Waals surface area contributed by atoms with E-state index in [1.54, 1.807) is 0 Å². The van der Waals surface area contributed by atoms with E-state index in [0.717, 1.165) is 37.8 Å². The zero-order chi connectivity index (χ0) is 15.3. The highest BCUT2D eigenvalue weighted by molar-refractivity contribution is 5.68. The minimum absolute atomic E-state index is 0.136. The van der Waals surface area contributed by atoms with Crippen LogP contribution in [-0.4, -0.2) is 42.8 Å². The van der Waals surface area contributed by atoms with Gasteiger partial charge < -0.3 is 15.0 Å². The minimum Gasteiger partial charge on any atom is -0.444 e. The van der Waals surface area contributed by atoms with Gasteiger partial charge in [0.05, 0.1) is 0 Å². The molecule has 0 aromatic rings. The fraction of sp³-hybridized carbons (Fsp3) is 0.941. The third-order valence-electron chi connectivity index (χ3n) is 4.71. The summed E-state index contributed by atoms with van der Waals surface area (Å²) in [6.07, 6.45) is 7.47. The van der Waals surface area contributed by atoms with Crippen molar-refractivity contribution in [3.8, 4) is 0 Å². The van der Waals surface area contributed by atoms with Crippen molar-refractivity contribution in [2.75, 3.05) is 26.2 Å². The van der Waals surface area contributed by atoms with Crippen molar-refractivity contribution in [2.45, 2.75) is 64.9 Å². The smallest absolute Gasteiger partial charge is 0.410 e. The van der Waals surface area contributed by atoms with Crippen molar-refractivity contribution >= 4 is 6.09 Å². The number of nitrogens with one attached hydrogen (secondary N) is 1. The molecule has 2 fully saturated rings. The van der Waals surface area contributed by atoms with E-state index in [0.29, 0.717) is 0 Å². The van der Waals surface area contributed by atoms with Gasteiger partial charge in [0, 0.05) is 13.1 Å². The zero-order valence-electron chi connectivity index (χ0n) is 14.0. The molecule has 0 bridgehead atoms. The number of amides is 1. The van der Waals surface area contributed by atoms with E-state index in [-0.39, 0.29) is 11.7 Å². The minimum atomic E-state index is -0.388. The highest BCUT2D eigenvalue weighted by atomic mass is 16.6. The van der Waals surface area contributed by atoms with Crippen molar-refractivity contribution in [2.24, 2.45) is 11.8 Å². The summed E-state index contributed by atoms with van der Waals surface area (Å²) in [6.45, 7) is 9.88. The van der Waals surface area contributed by atoms with Gasteiger partial charge in [-0.1, -0.05) is 0 Å². The SMILES string of the molecule is CC(C)(C)OC(=O)N1CCC(C2CCCNCCC2)CC1. The molecule has 0 saturated carbocycles. The van der Waals surface area contributed by atoms with Crippen LogP contribution >= 0.6 is 0 Å². The predicted octanol–water partition coefficient (Wildman–Crippen LogP) is 3.41. The first kappa shape index (κ1) is 16.6. The molecule has 2 aliphatic heterocycles. The Hall–Kier alpha value is -0.770. The molecule has 1 N–H and O–H groups in total. The maximum atomic E-state index is 12.1. The summed E-state index contributed by atoms with van der Waals surface area (Å²) >= 11 is 0. The molecule has 0 aromatic heterocycles. The number of piperidine rings is 1. The second-order valence-electron chi connectivity index (χ2n) is 7.60. The summed E-state index contributed by atoms with van der Waals surface area (Å²) in [5.74, 6) is 1.68. The van der Waals surface area contributed by atoms with Gasteiger partial charge in [0.2, 0.25) is 0 Å². The molecule has 2 rings (SSSR count). The van der Waals surface area contributed by atoms with Crippen LogP contribution in [0.1, 0.15) is 59.3 Å². The maximum absolute atomic E-state index is 12.1. The number of nitrogens with zero attached hydrogens (tertiary/aromatic N) is 1. The molecule has 2 saturated heterocycles. The summed E-state index contributed by atoms with van der Waals surface area (Å²) in [7, 11) is 0. The summed E-state index contributed by atoms with van der Waals surface area (Å²) in [4.78, 5) is 14.0. The van der Waals surface area contributed by atoms with E-state index in [4.69, 9.17) is 4.74 Å². The van der Waals surface area contributed by atoms with Crippen LogP contribution in [0.15, 0.2) is 0 Å². The average Bonchev–Trinajstić information content (AvgIpc) is 2.36. The Kier molecular flexibility index (Phi) is 5.91. The van der Waals surface area contributed by atoms with Gasteiger partial charge in [-0.25, -0.2) is 4.79 Å².